The van der Waals surface area contributed by atoms with Crippen molar-refractivity contribution in [3.05, 3.63) is 51.7 Å². The molecule has 0 bridgehead atoms. The van der Waals surface area contributed by atoms with Gasteiger partial charge in [0.2, 0.25) is 11.7 Å². The van der Waals surface area contributed by atoms with Crippen molar-refractivity contribution in [2.24, 2.45) is 0 Å². The van der Waals surface area contributed by atoms with E-state index in [1.165, 1.54) is 0 Å². The lowest BCUT2D eigenvalue weighted by Gasteiger charge is -2.20. The highest BCUT2D eigenvalue weighted by Crippen LogP contribution is 2.34. The van der Waals surface area contributed by atoms with Gasteiger partial charge in [-0.25, -0.2) is 0 Å². The van der Waals surface area contributed by atoms with Gasteiger partial charge in [-0.3, -0.25) is 0 Å². The molecule has 0 amide bonds. The minimum absolute atomic E-state index is 0.278. The van der Waals surface area contributed by atoms with Gasteiger partial charge in [-0.15, -0.1) is 23.1 Å². The highest BCUT2D eigenvalue weighted by molar-refractivity contribution is 7.97. The molecule has 4 rings (SSSR count). The minimum Gasteiger partial charge on any atom is -0.467 e. The van der Waals surface area contributed by atoms with Crippen molar-refractivity contribution in [3.8, 4) is 16.5 Å². The summed E-state index contributed by atoms with van der Waals surface area (Å²) in [7, 11) is 0. The maximum atomic E-state index is 6.18. The Kier molecular flexibility index (Phi) is 4.75. The van der Waals surface area contributed by atoms with Crippen LogP contribution in [0, 0.1) is 0 Å². The average molecular weight is 381 g/mol. The first-order valence-corrected chi connectivity index (χ1v) is 9.67. The number of hydrogen-bond donors (Lipinski definition) is 0. The Morgan fingerprint density at radius 1 is 1.29 bits per heavy atom. The Morgan fingerprint density at radius 3 is 3.12 bits per heavy atom. The molecule has 124 valence electrons. The predicted octanol–water partition coefficient (Wildman–Crippen LogP) is 4.75. The first-order valence-electron chi connectivity index (χ1n) is 7.25. The molecule has 5 nitrogen and oxygen atoms in total. The quantitative estimate of drug-likeness (QED) is 0.636. The van der Waals surface area contributed by atoms with Gasteiger partial charge in [0.05, 0.1) is 17.2 Å². The Balaban J connectivity index is 1.42. The number of ether oxygens (including phenoxy) is 2. The van der Waals surface area contributed by atoms with Crippen LogP contribution in [0.25, 0.3) is 10.7 Å². The lowest BCUT2D eigenvalue weighted by Crippen LogP contribution is -2.12. The van der Waals surface area contributed by atoms with E-state index < -0.39 is 0 Å². The summed E-state index contributed by atoms with van der Waals surface area (Å²) in [5, 5.41) is 6.70. The maximum Gasteiger partial charge on any atom is 0.236 e. The first kappa shape index (κ1) is 16.0. The summed E-state index contributed by atoms with van der Waals surface area (Å²) in [5.41, 5.74) is 2.05. The number of thiophene rings is 1. The highest BCUT2D eigenvalue weighted by Gasteiger charge is 2.17. The molecule has 3 heterocycles. The van der Waals surface area contributed by atoms with E-state index in [-0.39, 0.29) is 6.79 Å². The summed E-state index contributed by atoms with van der Waals surface area (Å²) in [6.07, 6.45) is 0. The van der Waals surface area contributed by atoms with Gasteiger partial charge in [0.25, 0.3) is 0 Å². The van der Waals surface area contributed by atoms with E-state index in [0.29, 0.717) is 29.1 Å². The third kappa shape index (κ3) is 3.44. The molecular weight excluding hydrogens is 368 g/mol. The molecule has 0 atom stereocenters. The van der Waals surface area contributed by atoms with Crippen LogP contribution in [0.2, 0.25) is 5.02 Å². The molecule has 0 fully saturated rings. The molecule has 3 aromatic rings. The van der Waals surface area contributed by atoms with Crippen LogP contribution in [0.4, 0.5) is 0 Å². The number of halogens is 1. The third-order valence-electron chi connectivity index (χ3n) is 3.44. The molecule has 0 unspecified atom stereocenters. The van der Waals surface area contributed by atoms with Crippen molar-refractivity contribution in [3.63, 3.8) is 0 Å². The molecule has 0 spiro atoms. The van der Waals surface area contributed by atoms with Crippen LogP contribution in [-0.2, 0) is 22.8 Å². The minimum atomic E-state index is 0.278. The second-order valence-corrected chi connectivity index (χ2v) is 7.52. The van der Waals surface area contributed by atoms with Crippen molar-refractivity contribution >= 4 is 34.7 Å². The molecule has 1 aliphatic heterocycles. The van der Waals surface area contributed by atoms with Gasteiger partial charge in [-0.1, -0.05) is 22.8 Å². The zero-order chi connectivity index (χ0) is 16.4. The Morgan fingerprint density at radius 2 is 2.25 bits per heavy atom. The summed E-state index contributed by atoms with van der Waals surface area (Å²) in [6.45, 7) is 0.807. The molecule has 0 saturated carbocycles. The smallest absolute Gasteiger partial charge is 0.236 e. The lowest BCUT2D eigenvalue weighted by atomic mass is 10.1. The van der Waals surface area contributed by atoms with Crippen LogP contribution in [0.3, 0.4) is 0 Å². The van der Waals surface area contributed by atoms with E-state index in [1.807, 2.05) is 29.6 Å². The van der Waals surface area contributed by atoms with Gasteiger partial charge >= 0.3 is 0 Å². The Bertz CT molecular complexity index is 836. The van der Waals surface area contributed by atoms with Gasteiger partial charge in [-0.2, -0.15) is 4.98 Å². The summed E-state index contributed by atoms with van der Waals surface area (Å²) in [6, 6.07) is 7.76. The summed E-state index contributed by atoms with van der Waals surface area (Å²) < 4.78 is 16.2. The van der Waals surface area contributed by atoms with Gasteiger partial charge in [-0.05, 0) is 23.6 Å². The standard InChI is InChI=1S/C16H13ClN2O3S2/c17-12-4-10-6-20-9-21-15(10)11(5-12)7-23-8-14-18-16(19-22-14)13-2-1-3-24-13/h1-5H,6-9H2. The summed E-state index contributed by atoms with van der Waals surface area (Å²) >= 11 is 9.45. The van der Waals surface area contributed by atoms with E-state index in [1.54, 1.807) is 23.1 Å². The molecule has 0 aliphatic carbocycles. The van der Waals surface area contributed by atoms with Crippen LogP contribution < -0.4 is 4.74 Å². The van der Waals surface area contributed by atoms with Gasteiger partial charge in [0.15, 0.2) is 6.79 Å². The monoisotopic (exact) mass is 380 g/mol. The van der Waals surface area contributed by atoms with Crippen LogP contribution in [0.5, 0.6) is 5.75 Å². The fourth-order valence-corrected chi connectivity index (χ4v) is 4.17. The van der Waals surface area contributed by atoms with Gasteiger partial charge < -0.3 is 14.0 Å². The number of thioether (sulfide) groups is 1. The van der Waals surface area contributed by atoms with Crippen molar-refractivity contribution in [2.45, 2.75) is 18.1 Å². The van der Waals surface area contributed by atoms with E-state index in [4.69, 9.17) is 25.6 Å². The first-order chi connectivity index (χ1) is 11.8. The fraction of sp³-hybridized carbons (Fsp3) is 0.250. The number of rotatable bonds is 5. The number of hydrogen-bond acceptors (Lipinski definition) is 7. The predicted molar refractivity (Wildman–Crippen MR) is 94.3 cm³/mol. The van der Waals surface area contributed by atoms with Crippen molar-refractivity contribution in [2.75, 3.05) is 6.79 Å². The number of aromatic nitrogens is 2. The number of fused-ring (bicyclic) bond motifs is 1. The van der Waals surface area contributed by atoms with E-state index in [2.05, 4.69) is 10.1 Å². The van der Waals surface area contributed by atoms with Crippen LogP contribution in [0.1, 0.15) is 17.0 Å². The highest BCUT2D eigenvalue weighted by atomic mass is 35.5. The molecule has 8 heteroatoms. The van der Waals surface area contributed by atoms with Crippen molar-refractivity contribution in [1.82, 2.24) is 10.1 Å². The van der Waals surface area contributed by atoms with Gasteiger partial charge in [0.1, 0.15) is 5.75 Å². The summed E-state index contributed by atoms with van der Waals surface area (Å²) in [4.78, 5) is 5.43. The second-order valence-electron chi connectivity index (χ2n) is 5.15. The summed E-state index contributed by atoms with van der Waals surface area (Å²) in [5.74, 6) is 3.52. The van der Waals surface area contributed by atoms with E-state index >= 15 is 0 Å². The third-order valence-corrected chi connectivity index (χ3v) is 5.49. The zero-order valence-corrected chi connectivity index (χ0v) is 14.9. The Hall–Kier alpha value is -1.54. The van der Waals surface area contributed by atoms with Gasteiger partial charge in [0, 0.05) is 21.9 Å². The van der Waals surface area contributed by atoms with E-state index in [9.17, 15) is 0 Å². The van der Waals surface area contributed by atoms with Crippen LogP contribution in [-0.4, -0.2) is 16.9 Å². The average Bonchev–Trinajstić information content (AvgIpc) is 3.26. The SMILES string of the molecule is Clc1cc2c(c(CSCc3nc(-c4cccs4)no3)c1)OCOC2. The fourth-order valence-electron chi connectivity index (χ4n) is 2.43. The number of nitrogens with zero attached hydrogens (tertiary/aromatic N) is 2. The zero-order valence-electron chi connectivity index (χ0n) is 12.5. The molecule has 24 heavy (non-hydrogen) atoms. The molecular formula is C16H13ClN2O3S2. The molecule has 0 N–H and O–H groups in total. The van der Waals surface area contributed by atoms with Crippen molar-refractivity contribution in [1.29, 1.82) is 0 Å². The lowest BCUT2D eigenvalue weighted by molar-refractivity contribution is -0.0168. The number of benzene rings is 1. The Labute approximate surface area is 151 Å². The topological polar surface area (TPSA) is 57.4 Å². The largest absolute Gasteiger partial charge is 0.467 e. The normalized spacial score (nSPS) is 13.5. The van der Waals surface area contributed by atoms with Crippen molar-refractivity contribution < 1.29 is 14.0 Å². The molecule has 0 radical (unpaired) electrons. The molecule has 0 saturated heterocycles. The van der Waals surface area contributed by atoms with Crippen LogP contribution in [0.15, 0.2) is 34.2 Å². The molecule has 1 aromatic carbocycles. The van der Waals surface area contributed by atoms with E-state index in [0.717, 1.165) is 27.5 Å². The molecule has 1 aliphatic rings. The molecule has 2 aromatic heterocycles. The van der Waals surface area contributed by atoms with Crippen LogP contribution >= 0.6 is 34.7 Å². The second kappa shape index (κ2) is 7.14. The maximum absolute atomic E-state index is 6.18.